The third kappa shape index (κ3) is 3.26. The number of fused-ring (bicyclic) bond motifs is 2. The van der Waals surface area contributed by atoms with Crippen molar-refractivity contribution >= 4 is 45.3 Å². The normalized spacial score (nSPS) is 15.9. The highest BCUT2D eigenvalue weighted by molar-refractivity contribution is 7.15. The molecule has 2 aromatic carbocycles. The summed E-state index contributed by atoms with van der Waals surface area (Å²) in [6.45, 7) is 1.60. The first-order chi connectivity index (χ1) is 14.5. The Bertz CT molecular complexity index is 1250. The van der Waals surface area contributed by atoms with Gasteiger partial charge in [0.25, 0.3) is 5.91 Å². The minimum Gasteiger partial charge on any atom is -0.479 e. The summed E-state index contributed by atoms with van der Waals surface area (Å²) in [6, 6.07) is 12.2. The number of hydrogen-bond donors (Lipinski definition) is 0. The van der Waals surface area contributed by atoms with Crippen LogP contribution in [0.25, 0.3) is 16.2 Å². The number of anilines is 1. The van der Waals surface area contributed by atoms with Crippen molar-refractivity contribution in [3.63, 3.8) is 0 Å². The van der Waals surface area contributed by atoms with Crippen molar-refractivity contribution in [2.45, 2.75) is 13.0 Å². The molecule has 0 bridgehead atoms. The molecule has 0 radical (unpaired) electrons. The molecule has 0 saturated carbocycles. The third-order valence-corrected chi connectivity index (χ3v) is 6.05. The SMILES string of the molecule is CC1Oc2ccc(-c3cn4ccsc4n3)cc2N(CC(=O)c2ccc(Cl)cc2)C1=O. The highest BCUT2D eigenvalue weighted by Crippen LogP contribution is 2.37. The number of amides is 1. The zero-order chi connectivity index (χ0) is 20.8. The van der Waals surface area contributed by atoms with Crippen LogP contribution in [0, 0.1) is 0 Å². The number of hydrogen-bond acceptors (Lipinski definition) is 5. The first-order valence-corrected chi connectivity index (χ1v) is 10.6. The van der Waals surface area contributed by atoms with Crippen molar-refractivity contribution in [2.75, 3.05) is 11.4 Å². The standard InChI is InChI=1S/C22H16ClN3O3S/c1-13-21(28)26(12-19(27)14-2-5-16(23)6-3-14)18-10-15(4-7-20(18)29-13)17-11-25-8-9-30-22(25)24-17/h2-11,13H,12H2,1H3. The Morgan fingerprint density at radius 1 is 1.23 bits per heavy atom. The number of halogens is 1. The number of Topliss-reactive ketones (excluding diaryl/α,β-unsaturated/α-hetero) is 1. The lowest BCUT2D eigenvalue weighted by Gasteiger charge is -2.33. The Morgan fingerprint density at radius 3 is 2.80 bits per heavy atom. The van der Waals surface area contributed by atoms with Crippen LogP contribution in [-0.2, 0) is 4.79 Å². The van der Waals surface area contributed by atoms with E-state index in [4.69, 9.17) is 16.3 Å². The van der Waals surface area contributed by atoms with Gasteiger partial charge in [0, 0.05) is 33.9 Å². The Kier molecular flexibility index (Phi) is 4.56. The summed E-state index contributed by atoms with van der Waals surface area (Å²) in [5.74, 6) is 0.136. The van der Waals surface area contributed by atoms with Gasteiger partial charge in [-0.05, 0) is 49.4 Å². The number of benzene rings is 2. The molecule has 1 aliphatic rings. The molecule has 30 heavy (non-hydrogen) atoms. The average Bonchev–Trinajstić information content (AvgIpc) is 3.34. The molecule has 150 valence electrons. The summed E-state index contributed by atoms with van der Waals surface area (Å²) in [5.41, 5.74) is 2.70. The zero-order valence-electron chi connectivity index (χ0n) is 15.9. The van der Waals surface area contributed by atoms with E-state index in [-0.39, 0.29) is 18.2 Å². The van der Waals surface area contributed by atoms with Gasteiger partial charge >= 0.3 is 0 Å². The lowest BCUT2D eigenvalue weighted by atomic mass is 10.1. The molecule has 0 spiro atoms. The number of thiazole rings is 1. The second kappa shape index (κ2) is 7.27. The van der Waals surface area contributed by atoms with Crippen molar-refractivity contribution in [1.29, 1.82) is 0 Å². The van der Waals surface area contributed by atoms with E-state index < -0.39 is 6.10 Å². The second-order valence-electron chi connectivity index (χ2n) is 7.02. The predicted molar refractivity (Wildman–Crippen MR) is 117 cm³/mol. The highest BCUT2D eigenvalue weighted by atomic mass is 35.5. The first kappa shape index (κ1) is 18.8. The maximum absolute atomic E-state index is 12.9. The molecule has 3 heterocycles. The topological polar surface area (TPSA) is 63.9 Å². The van der Waals surface area contributed by atoms with Crippen LogP contribution in [0.5, 0.6) is 5.75 Å². The molecule has 8 heteroatoms. The average molecular weight is 438 g/mol. The quantitative estimate of drug-likeness (QED) is 0.433. The van der Waals surface area contributed by atoms with Gasteiger partial charge in [0.15, 0.2) is 16.8 Å². The zero-order valence-corrected chi connectivity index (χ0v) is 17.5. The van der Waals surface area contributed by atoms with Gasteiger partial charge in [-0.1, -0.05) is 11.6 Å². The molecule has 2 aromatic heterocycles. The van der Waals surface area contributed by atoms with Crippen molar-refractivity contribution < 1.29 is 14.3 Å². The van der Waals surface area contributed by atoms with Gasteiger partial charge in [-0.25, -0.2) is 4.98 Å². The van der Waals surface area contributed by atoms with Gasteiger partial charge < -0.3 is 4.74 Å². The molecule has 1 atom stereocenters. The molecule has 0 aliphatic carbocycles. The Morgan fingerprint density at radius 2 is 2.03 bits per heavy atom. The largest absolute Gasteiger partial charge is 0.479 e. The molecule has 4 aromatic rings. The van der Waals surface area contributed by atoms with E-state index in [1.807, 2.05) is 40.4 Å². The fourth-order valence-electron chi connectivity index (χ4n) is 3.47. The Balaban J connectivity index is 1.51. The van der Waals surface area contributed by atoms with Crippen LogP contribution in [-0.4, -0.2) is 33.7 Å². The summed E-state index contributed by atoms with van der Waals surface area (Å²) in [7, 11) is 0. The molecule has 1 aliphatic heterocycles. The van der Waals surface area contributed by atoms with Gasteiger partial charge in [0.05, 0.1) is 17.9 Å². The van der Waals surface area contributed by atoms with Crippen molar-refractivity contribution in [3.05, 3.63) is 70.8 Å². The van der Waals surface area contributed by atoms with E-state index in [1.54, 1.807) is 42.5 Å². The lowest BCUT2D eigenvalue weighted by molar-refractivity contribution is -0.125. The van der Waals surface area contributed by atoms with Gasteiger partial charge in [0.2, 0.25) is 0 Å². The summed E-state index contributed by atoms with van der Waals surface area (Å²) in [6.07, 6.45) is 3.21. The van der Waals surface area contributed by atoms with Crippen molar-refractivity contribution in [2.24, 2.45) is 0 Å². The second-order valence-corrected chi connectivity index (χ2v) is 8.33. The van der Waals surface area contributed by atoms with E-state index in [0.29, 0.717) is 22.0 Å². The van der Waals surface area contributed by atoms with Crippen LogP contribution in [0.4, 0.5) is 5.69 Å². The van der Waals surface area contributed by atoms with Crippen LogP contribution in [0.2, 0.25) is 5.02 Å². The van der Waals surface area contributed by atoms with E-state index in [2.05, 4.69) is 4.98 Å². The smallest absolute Gasteiger partial charge is 0.268 e. The highest BCUT2D eigenvalue weighted by Gasteiger charge is 2.33. The molecular formula is C22H16ClN3O3S. The first-order valence-electron chi connectivity index (χ1n) is 9.33. The number of imidazole rings is 1. The van der Waals surface area contributed by atoms with E-state index in [1.165, 1.54) is 4.90 Å². The van der Waals surface area contributed by atoms with Crippen LogP contribution < -0.4 is 9.64 Å². The molecule has 6 nitrogen and oxygen atoms in total. The van der Waals surface area contributed by atoms with Gasteiger partial charge in [-0.15, -0.1) is 11.3 Å². The molecule has 5 rings (SSSR count). The minimum absolute atomic E-state index is 0.0805. The maximum Gasteiger partial charge on any atom is 0.268 e. The number of carbonyl (C=O) groups excluding carboxylic acids is 2. The third-order valence-electron chi connectivity index (χ3n) is 5.02. The van der Waals surface area contributed by atoms with Gasteiger partial charge in [-0.3, -0.25) is 18.9 Å². The van der Waals surface area contributed by atoms with Crippen molar-refractivity contribution in [1.82, 2.24) is 9.38 Å². The van der Waals surface area contributed by atoms with Crippen LogP contribution in [0.15, 0.2) is 60.2 Å². The summed E-state index contributed by atoms with van der Waals surface area (Å²) < 4.78 is 7.72. The van der Waals surface area contributed by atoms with E-state index >= 15 is 0 Å². The van der Waals surface area contributed by atoms with Gasteiger partial charge in [-0.2, -0.15) is 0 Å². The number of aromatic nitrogens is 2. The van der Waals surface area contributed by atoms with Crippen LogP contribution >= 0.6 is 22.9 Å². The number of ketones is 1. The van der Waals surface area contributed by atoms with Crippen molar-refractivity contribution in [3.8, 4) is 17.0 Å². The Labute approximate surface area is 181 Å². The minimum atomic E-state index is -0.667. The molecule has 1 amide bonds. The molecule has 0 fully saturated rings. The molecular weight excluding hydrogens is 422 g/mol. The number of rotatable bonds is 4. The van der Waals surface area contributed by atoms with E-state index in [0.717, 1.165) is 16.2 Å². The molecule has 1 unspecified atom stereocenters. The predicted octanol–water partition coefficient (Wildman–Crippen LogP) is 4.71. The van der Waals surface area contributed by atoms with Crippen LogP contribution in [0.1, 0.15) is 17.3 Å². The lowest BCUT2D eigenvalue weighted by Crippen LogP contribution is -2.46. The van der Waals surface area contributed by atoms with Gasteiger partial charge in [0.1, 0.15) is 5.75 Å². The number of carbonyl (C=O) groups is 2. The molecule has 0 saturated heterocycles. The van der Waals surface area contributed by atoms with E-state index in [9.17, 15) is 9.59 Å². The maximum atomic E-state index is 12.9. The fourth-order valence-corrected chi connectivity index (χ4v) is 4.29. The fraction of sp³-hybridized carbons (Fsp3) is 0.136. The summed E-state index contributed by atoms with van der Waals surface area (Å²) in [4.78, 5) is 32.7. The number of ether oxygens (including phenoxy) is 1. The van der Waals surface area contributed by atoms with Crippen LogP contribution in [0.3, 0.4) is 0 Å². The Hall–Kier alpha value is -3.16. The molecule has 0 N–H and O–H groups in total. The summed E-state index contributed by atoms with van der Waals surface area (Å²) in [5, 5.41) is 2.52. The summed E-state index contributed by atoms with van der Waals surface area (Å²) >= 11 is 7.46. The monoisotopic (exact) mass is 437 g/mol. The number of nitrogens with zero attached hydrogens (tertiary/aromatic N) is 3.